The van der Waals surface area contributed by atoms with E-state index in [4.69, 9.17) is 23.7 Å². The minimum absolute atomic E-state index is 0.195. The Hall–Kier alpha value is -2.20. The Kier molecular flexibility index (Phi) is 26.8. The first-order valence-electron chi connectivity index (χ1n) is 20.8. The predicted octanol–water partition coefficient (Wildman–Crippen LogP) is 9.34. The molecule has 0 N–H and O–H groups in total. The lowest BCUT2D eigenvalue weighted by molar-refractivity contribution is -0.200. The Morgan fingerprint density at radius 3 is 1.35 bits per heavy atom. The van der Waals surface area contributed by atoms with Gasteiger partial charge in [-0.3, -0.25) is 19.2 Å². The number of ether oxygens (including phenoxy) is 5. The fourth-order valence-corrected chi connectivity index (χ4v) is 6.29. The van der Waals surface area contributed by atoms with Crippen LogP contribution in [-0.4, -0.2) is 80.6 Å². The first-order valence-corrected chi connectivity index (χ1v) is 20.8. The quantitative estimate of drug-likeness (QED) is 0.0387. The number of hydrogen-bond donors (Lipinski definition) is 0. The molecule has 1 unspecified atom stereocenters. The third kappa shape index (κ3) is 24.9. The van der Waals surface area contributed by atoms with Crippen molar-refractivity contribution in [3.63, 3.8) is 0 Å². The zero-order valence-electron chi connectivity index (χ0n) is 34.4. The maximum atomic E-state index is 13.2. The van der Waals surface area contributed by atoms with Gasteiger partial charge in [0.2, 0.25) is 12.4 Å². The van der Waals surface area contributed by atoms with E-state index in [-0.39, 0.29) is 32.3 Å². The molecule has 0 bridgehead atoms. The minimum atomic E-state index is -1.28. The van der Waals surface area contributed by atoms with Crippen molar-refractivity contribution < 1.29 is 42.9 Å². The van der Waals surface area contributed by atoms with Crippen LogP contribution in [0.3, 0.4) is 0 Å². The maximum absolute atomic E-state index is 13.2. The lowest BCUT2D eigenvalue weighted by atomic mass is 10.0. The van der Waals surface area contributed by atoms with E-state index in [9.17, 15) is 19.2 Å². The molecule has 0 spiro atoms. The Morgan fingerprint density at radius 1 is 0.500 bits per heavy atom. The first kappa shape index (κ1) is 47.8. The van der Waals surface area contributed by atoms with Crippen LogP contribution >= 0.6 is 0 Å². The predicted molar refractivity (Wildman–Crippen MR) is 205 cm³/mol. The molecule has 304 valence electrons. The van der Waals surface area contributed by atoms with Crippen LogP contribution in [-0.2, 0) is 42.9 Å². The van der Waals surface area contributed by atoms with Gasteiger partial charge in [-0.05, 0) is 64.1 Å². The molecular formula is C42H77NO9. The number of unbranched alkanes of at least 4 members (excludes halogenated alkanes) is 10. The average molecular weight is 740 g/mol. The summed E-state index contributed by atoms with van der Waals surface area (Å²) in [7, 11) is 3.87. The van der Waals surface area contributed by atoms with Gasteiger partial charge in [-0.25, -0.2) is 0 Å². The number of carbonyl (C=O) groups excluding carboxylic acids is 4. The van der Waals surface area contributed by atoms with Crippen molar-refractivity contribution in [1.82, 2.24) is 4.90 Å². The maximum Gasteiger partial charge on any atom is 0.308 e. The first-order chi connectivity index (χ1) is 24.8. The summed E-state index contributed by atoms with van der Waals surface area (Å²) in [5.41, 5.74) is 0. The fourth-order valence-electron chi connectivity index (χ4n) is 6.29. The summed E-state index contributed by atoms with van der Waals surface area (Å²) in [6.45, 7) is 13.8. The summed E-state index contributed by atoms with van der Waals surface area (Å²) in [5, 5.41) is 0. The van der Waals surface area contributed by atoms with E-state index in [1.807, 2.05) is 19.0 Å². The second-order valence-corrected chi connectivity index (χ2v) is 16.4. The zero-order chi connectivity index (χ0) is 38.7. The van der Waals surface area contributed by atoms with E-state index >= 15 is 0 Å². The summed E-state index contributed by atoms with van der Waals surface area (Å²) in [6, 6.07) is 0. The highest BCUT2D eigenvalue weighted by Gasteiger charge is 2.52. The molecule has 1 rings (SSSR count). The molecule has 10 nitrogen and oxygen atoms in total. The van der Waals surface area contributed by atoms with E-state index < -0.39 is 48.5 Å². The monoisotopic (exact) mass is 740 g/mol. The number of rotatable bonds is 31. The number of carbonyl (C=O) groups is 4. The van der Waals surface area contributed by atoms with Crippen LogP contribution < -0.4 is 0 Å². The van der Waals surface area contributed by atoms with Crippen molar-refractivity contribution in [2.24, 2.45) is 17.8 Å². The van der Waals surface area contributed by atoms with Crippen molar-refractivity contribution >= 4 is 23.9 Å². The van der Waals surface area contributed by atoms with Crippen molar-refractivity contribution in [2.75, 3.05) is 27.2 Å². The van der Waals surface area contributed by atoms with Gasteiger partial charge in [0.1, 0.15) is 12.7 Å². The van der Waals surface area contributed by atoms with Crippen molar-refractivity contribution in [1.29, 1.82) is 0 Å². The Balaban J connectivity index is 2.98. The Morgan fingerprint density at radius 2 is 0.885 bits per heavy atom. The normalized spacial score (nSPS) is 18.8. The minimum Gasteiger partial charge on any atom is -0.463 e. The molecule has 10 heteroatoms. The highest BCUT2D eigenvalue weighted by atomic mass is 16.8. The molecular weight excluding hydrogens is 662 g/mol. The van der Waals surface area contributed by atoms with E-state index in [1.54, 1.807) is 0 Å². The molecule has 1 aliphatic rings. The Bertz CT molecular complexity index is 967. The van der Waals surface area contributed by atoms with E-state index in [2.05, 4.69) is 41.5 Å². The van der Waals surface area contributed by atoms with Gasteiger partial charge in [-0.1, -0.05) is 125 Å². The fraction of sp³-hybridized carbons (Fsp3) is 0.905. The van der Waals surface area contributed by atoms with Gasteiger partial charge >= 0.3 is 23.9 Å². The molecule has 0 amide bonds. The zero-order valence-corrected chi connectivity index (χ0v) is 34.4. The smallest absolute Gasteiger partial charge is 0.308 e. The van der Waals surface area contributed by atoms with Crippen LogP contribution in [0, 0.1) is 17.8 Å². The molecule has 0 aromatic heterocycles. The van der Waals surface area contributed by atoms with Gasteiger partial charge in [-0.2, -0.15) is 0 Å². The molecule has 1 aliphatic heterocycles. The highest BCUT2D eigenvalue weighted by Crippen LogP contribution is 2.30. The number of nitrogens with zero attached hydrogens (tertiary/aromatic N) is 1. The summed E-state index contributed by atoms with van der Waals surface area (Å²) >= 11 is 0. The molecule has 1 fully saturated rings. The van der Waals surface area contributed by atoms with Crippen LogP contribution in [0.5, 0.6) is 0 Å². The van der Waals surface area contributed by atoms with E-state index in [1.165, 1.54) is 25.7 Å². The highest BCUT2D eigenvalue weighted by molar-refractivity contribution is 5.72. The molecule has 0 aromatic carbocycles. The third-order valence-electron chi connectivity index (χ3n) is 9.43. The molecule has 0 saturated carbocycles. The molecule has 0 aromatic rings. The second-order valence-electron chi connectivity index (χ2n) is 16.4. The number of hydrogen-bond acceptors (Lipinski definition) is 10. The van der Waals surface area contributed by atoms with Crippen molar-refractivity contribution in [2.45, 2.75) is 201 Å². The Labute approximate surface area is 317 Å². The van der Waals surface area contributed by atoms with Crippen LogP contribution in [0.2, 0.25) is 0 Å². The van der Waals surface area contributed by atoms with Crippen molar-refractivity contribution in [3.05, 3.63) is 0 Å². The average Bonchev–Trinajstić information content (AvgIpc) is 3.36. The topological polar surface area (TPSA) is 118 Å². The van der Waals surface area contributed by atoms with E-state index in [0.29, 0.717) is 43.4 Å². The molecule has 1 heterocycles. The lowest BCUT2D eigenvalue weighted by Crippen LogP contribution is -2.42. The van der Waals surface area contributed by atoms with Crippen LogP contribution in [0.15, 0.2) is 0 Å². The van der Waals surface area contributed by atoms with Crippen LogP contribution in [0.4, 0.5) is 0 Å². The van der Waals surface area contributed by atoms with Gasteiger partial charge < -0.3 is 28.6 Å². The lowest BCUT2D eigenvalue weighted by Gasteiger charge is -2.24. The van der Waals surface area contributed by atoms with Crippen LogP contribution in [0.25, 0.3) is 0 Å². The summed E-state index contributed by atoms with van der Waals surface area (Å²) < 4.78 is 29.3. The number of esters is 4. The van der Waals surface area contributed by atoms with Gasteiger partial charge in [0.05, 0.1) is 0 Å². The molecule has 4 atom stereocenters. The SMILES string of the molecule is CC(C)CCCCCCCC(=O)OC1[C@@H](COC(=O)CCCN(C)C)O[C@@H](OC(=O)CCCCCC(C)C)[C@H]1OC(=O)CCCCCCCC(C)C. The molecule has 1 saturated heterocycles. The van der Waals surface area contributed by atoms with Gasteiger partial charge in [0.15, 0.2) is 6.10 Å². The van der Waals surface area contributed by atoms with Gasteiger partial charge in [-0.15, -0.1) is 0 Å². The summed E-state index contributed by atoms with van der Waals surface area (Å²) in [5.74, 6) is 0.193. The standard InChI is InChI=1S/C42H77NO9/c1-32(2)23-16-11-9-13-19-26-37(45)50-40-35(31-48-36(44)29-22-30-43(7)8)49-42(52-39(47)28-21-15-18-25-34(5)6)41(40)51-38(46)27-20-14-10-12-17-24-33(3)4/h32-35,40-42H,9-31H2,1-8H3/t35-,40?,41+,42+/m1/s1. The molecule has 0 aliphatic carbocycles. The van der Waals surface area contributed by atoms with E-state index in [0.717, 1.165) is 64.3 Å². The van der Waals surface area contributed by atoms with Crippen molar-refractivity contribution in [3.8, 4) is 0 Å². The second kappa shape index (κ2) is 29.2. The molecule has 0 radical (unpaired) electrons. The van der Waals surface area contributed by atoms with Gasteiger partial charge in [0, 0.05) is 25.7 Å². The third-order valence-corrected chi connectivity index (χ3v) is 9.43. The van der Waals surface area contributed by atoms with Crippen LogP contribution in [0.1, 0.15) is 176 Å². The van der Waals surface area contributed by atoms with Gasteiger partial charge in [0.25, 0.3) is 0 Å². The summed E-state index contributed by atoms with van der Waals surface area (Å²) in [4.78, 5) is 53.9. The largest absolute Gasteiger partial charge is 0.463 e. The summed E-state index contributed by atoms with van der Waals surface area (Å²) in [6.07, 6.45) is 12.9. The molecule has 52 heavy (non-hydrogen) atoms.